The quantitative estimate of drug-likeness (QED) is 0.130. The van der Waals surface area contributed by atoms with Gasteiger partial charge in [-0.1, -0.05) is 89.8 Å². The van der Waals surface area contributed by atoms with Crippen LogP contribution < -0.4 is 4.90 Å². The van der Waals surface area contributed by atoms with E-state index in [1.165, 1.54) is 14.2 Å². The average molecular weight is 699 g/mol. The van der Waals surface area contributed by atoms with E-state index in [4.69, 9.17) is 21.7 Å². The third kappa shape index (κ3) is 5.47. The van der Waals surface area contributed by atoms with Crippen LogP contribution in [0.1, 0.15) is 51.3 Å². The van der Waals surface area contributed by atoms with Gasteiger partial charge in [-0.25, -0.2) is 9.59 Å². The Labute approximate surface area is 291 Å². The highest BCUT2D eigenvalue weighted by Crippen LogP contribution is 2.56. The van der Waals surface area contributed by atoms with Gasteiger partial charge in [0.1, 0.15) is 15.9 Å². The first kappa shape index (κ1) is 33.4. The number of benzene rings is 3. The Kier molecular flexibility index (Phi) is 8.92. The summed E-state index contributed by atoms with van der Waals surface area (Å²) in [6.45, 7) is 5.51. The molecule has 3 aromatic carbocycles. The van der Waals surface area contributed by atoms with Gasteiger partial charge in [-0.3, -0.25) is 24.2 Å². The van der Waals surface area contributed by atoms with Gasteiger partial charge in [-0.15, -0.1) is 0 Å². The van der Waals surface area contributed by atoms with Crippen molar-refractivity contribution in [2.24, 2.45) is 0 Å². The monoisotopic (exact) mass is 698 g/mol. The second kappa shape index (κ2) is 12.8. The molecule has 0 N–H and O–H groups in total. The number of hydrogen-bond donors (Lipinski definition) is 0. The molecule has 3 amide bonds. The van der Waals surface area contributed by atoms with Crippen molar-refractivity contribution in [1.82, 2.24) is 4.90 Å². The molecule has 3 aliphatic heterocycles. The Morgan fingerprint density at radius 2 is 1.35 bits per heavy atom. The Hall–Kier alpha value is -4.52. The van der Waals surface area contributed by atoms with Gasteiger partial charge < -0.3 is 9.47 Å². The van der Waals surface area contributed by atoms with Crippen molar-refractivity contribution in [2.75, 3.05) is 19.1 Å². The number of esters is 2. The fourth-order valence-corrected chi connectivity index (χ4v) is 9.13. The van der Waals surface area contributed by atoms with E-state index in [0.29, 0.717) is 25.9 Å². The lowest BCUT2D eigenvalue weighted by molar-refractivity contribution is -0.138. The lowest BCUT2D eigenvalue weighted by Crippen LogP contribution is -2.62. The van der Waals surface area contributed by atoms with Gasteiger partial charge in [-0.2, -0.15) is 0 Å². The summed E-state index contributed by atoms with van der Waals surface area (Å²) in [6.07, 6.45) is 0.0836. The molecule has 0 unspecified atom stereocenters. The third-order valence-electron chi connectivity index (χ3n) is 8.46. The minimum absolute atomic E-state index is 0.0821. The van der Waals surface area contributed by atoms with Crippen LogP contribution in [-0.4, -0.2) is 65.2 Å². The van der Waals surface area contributed by atoms with E-state index in [1.54, 1.807) is 43.0 Å². The fourth-order valence-electron chi connectivity index (χ4n) is 6.09. The van der Waals surface area contributed by atoms with Crippen LogP contribution >= 0.6 is 35.7 Å². The van der Waals surface area contributed by atoms with Crippen molar-refractivity contribution < 1.29 is 33.4 Å². The van der Waals surface area contributed by atoms with Crippen molar-refractivity contribution in [3.8, 4) is 0 Å². The predicted molar refractivity (Wildman–Crippen MR) is 189 cm³/mol. The van der Waals surface area contributed by atoms with Gasteiger partial charge in [0.2, 0.25) is 0 Å². The second-order valence-corrected chi connectivity index (χ2v) is 14.5. The van der Waals surface area contributed by atoms with E-state index in [1.807, 2.05) is 55.5 Å². The molecule has 0 fully saturated rings. The number of carbonyl (C=O) groups excluding carboxylic acids is 5. The van der Waals surface area contributed by atoms with Crippen molar-refractivity contribution in [3.63, 3.8) is 0 Å². The third-order valence-corrected chi connectivity index (χ3v) is 11.7. The molecule has 0 aromatic heterocycles. The van der Waals surface area contributed by atoms with Gasteiger partial charge >= 0.3 is 11.9 Å². The molecule has 3 aliphatic rings. The molecule has 48 heavy (non-hydrogen) atoms. The maximum Gasteiger partial charge on any atom is 0.346 e. The molecule has 0 saturated carbocycles. The average Bonchev–Trinajstić information content (AvgIpc) is 3.63. The number of imide groups is 1. The summed E-state index contributed by atoms with van der Waals surface area (Å²) < 4.78 is 10.5. The minimum atomic E-state index is -1.20. The molecule has 0 bridgehead atoms. The molecule has 12 heteroatoms. The first-order valence-corrected chi connectivity index (χ1v) is 17.0. The molecule has 0 aliphatic carbocycles. The molecule has 0 spiro atoms. The number of thiocarbonyl (C=S) groups is 1. The molecule has 3 aromatic rings. The smallest absolute Gasteiger partial charge is 0.346 e. The number of rotatable bonds is 6. The van der Waals surface area contributed by atoms with E-state index in [2.05, 4.69) is 0 Å². The molecule has 0 radical (unpaired) electrons. The molecular weight excluding hydrogens is 669 g/mol. The zero-order chi connectivity index (χ0) is 34.5. The number of carbonyl (C=O) groups is 5. The fraction of sp³-hybridized carbons (Fsp3) is 0.222. The van der Waals surface area contributed by atoms with E-state index in [0.717, 1.165) is 39.6 Å². The summed E-state index contributed by atoms with van der Waals surface area (Å²) in [4.78, 5) is 71.3. The highest BCUT2D eigenvalue weighted by molar-refractivity contribution is 8.29. The number of nitrogens with zero attached hydrogens (tertiary/aromatic N) is 2. The largest absolute Gasteiger partial charge is 0.465 e. The van der Waals surface area contributed by atoms with E-state index in [-0.39, 0.29) is 27.4 Å². The first-order valence-electron chi connectivity index (χ1n) is 14.9. The number of fused-ring (bicyclic) bond motifs is 2. The highest BCUT2D eigenvalue weighted by Gasteiger charge is 2.51. The maximum absolute atomic E-state index is 15.1. The molecular formula is C36H30N2O7S3. The zero-order valence-electron chi connectivity index (χ0n) is 26.7. The summed E-state index contributed by atoms with van der Waals surface area (Å²) in [5, 5.41) is 0. The Balaban J connectivity index is 1.50. The number of anilines is 1. The molecule has 3 heterocycles. The number of ether oxygens (including phenoxy) is 2. The van der Waals surface area contributed by atoms with Crippen LogP contribution in [-0.2, 0) is 30.3 Å². The predicted octanol–water partition coefficient (Wildman–Crippen LogP) is 6.10. The summed E-state index contributed by atoms with van der Waals surface area (Å²) >= 11 is 8.29. The minimum Gasteiger partial charge on any atom is -0.465 e. The van der Waals surface area contributed by atoms with Gasteiger partial charge in [0.25, 0.3) is 17.7 Å². The second-order valence-electron chi connectivity index (χ2n) is 11.8. The first-order chi connectivity index (χ1) is 22.9. The van der Waals surface area contributed by atoms with Crippen molar-refractivity contribution in [2.45, 2.75) is 38.8 Å². The zero-order valence-corrected chi connectivity index (χ0v) is 29.1. The van der Waals surface area contributed by atoms with Gasteiger partial charge in [-0.05, 0) is 50.6 Å². The summed E-state index contributed by atoms with van der Waals surface area (Å²) in [5.41, 5.74) is 2.69. The van der Waals surface area contributed by atoms with Crippen LogP contribution in [0, 0.1) is 6.92 Å². The van der Waals surface area contributed by atoms with Crippen molar-refractivity contribution >= 4 is 81.5 Å². The number of amides is 3. The van der Waals surface area contributed by atoms with Crippen LogP contribution in [0.25, 0.3) is 5.57 Å². The number of thioether (sulfide) groups is 2. The van der Waals surface area contributed by atoms with Gasteiger partial charge in [0.15, 0.2) is 0 Å². The van der Waals surface area contributed by atoms with Crippen molar-refractivity contribution in [1.29, 1.82) is 0 Å². The number of hydrogen-bond acceptors (Lipinski definition) is 10. The van der Waals surface area contributed by atoms with E-state index in [9.17, 15) is 19.2 Å². The topological polar surface area (TPSA) is 110 Å². The van der Waals surface area contributed by atoms with E-state index >= 15 is 4.79 Å². The Bertz CT molecular complexity index is 1940. The summed E-state index contributed by atoms with van der Waals surface area (Å²) in [7, 11) is 2.47. The molecule has 244 valence electrons. The number of methoxy groups -OCH3 is 2. The normalized spacial score (nSPS) is 17.4. The van der Waals surface area contributed by atoms with E-state index < -0.39 is 41.2 Å². The standard InChI is InChI=1S/C36H30N2O7S3/c1-19-15-16-24-23(17-19)26(35-47-27(33(42)44-4)28(48-35)34(43)45-5)29(46)36(2,3)38(24)32(41)25(18-20-11-7-6-8-12-20)37-30(39)21-13-9-10-14-22(21)31(37)40/h6-17,25H,18H2,1-5H3/t25-/m1/s1. The van der Waals surface area contributed by atoms with Crippen LogP contribution in [0.15, 0.2) is 86.8 Å². The van der Waals surface area contributed by atoms with Crippen LogP contribution in [0.3, 0.4) is 0 Å². The molecule has 6 rings (SSSR count). The maximum atomic E-state index is 15.1. The number of aryl methyl sites for hydroxylation is 1. The van der Waals surface area contributed by atoms with Crippen molar-refractivity contribution in [3.05, 3.63) is 115 Å². The van der Waals surface area contributed by atoms with Crippen LogP contribution in [0.5, 0.6) is 0 Å². The molecule has 0 saturated heterocycles. The summed E-state index contributed by atoms with van der Waals surface area (Å²) in [5.74, 6) is -2.93. The van der Waals surface area contributed by atoms with Gasteiger partial charge in [0, 0.05) is 17.6 Å². The summed E-state index contributed by atoms with van der Waals surface area (Å²) in [6, 6.07) is 20.2. The lowest BCUT2D eigenvalue weighted by Gasteiger charge is -2.47. The molecule has 1 atom stereocenters. The SMILES string of the molecule is COC(=O)C1=C(C(=O)OC)SC(=C2C(=S)C(C)(C)N(C(=O)[C@@H](Cc3ccccc3)N3C(=O)c4ccccc4C3=O)c3ccc(C)cc32)S1. The lowest BCUT2D eigenvalue weighted by atomic mass is 9.82. The highest BCUT2D eigenvalue weighted by atomic mass is 32.2. The Morgan fingerprint density at radius 1 is 0.812 bits per heavy atom. The Morgan fingerprint density at radius 3 is 1.90 bits per heavy atom. The van der Waals surface area contributed by atoms with Crippen LogP contribution in [0.4, 0.5) is 5.69 Å². The van der Waals surface area contributed by atoms with Crippen LogP contribution in [0.2, 0.25) is 0 Å². The van der Waals surface area contributed by atoms with Gasteiger partial charge in [0.05, 0.1) is 45.7 Å². The molecule has 9 nitrogen and oxygen atoms in total.